The zero-order chi connectivity index (χ0) is 15.5. The molecule has 0 aromatic heterocycles. The van der Waals surface area contributed by atoms with E-state index < -0.39 is 0 Å². The summed E-state index contributed by atoms with van der Waals surface area (Å²) >= 11 is 0. The van der Waals surface area contributed by atoms with E-state index in [0.29, 0.717) is 25.5 Å². The molecule has 0 saturated carbocycles. The average molecular weight is 306 g/mol. The minimum absolute atomic E-state index is 0.0297. The van der Waals surface area contributed by atoms with Crippen LogP contribution in [0.3, 0.4) is 0 Å². The van der Waals surface area contributed by atoms with Crippen LogP contribution in [0.15, 0.2) is 18.2 Å². The van der Waals surface area contributed by atoms with E-state index in [9.17, 15) is 4.79 Å². The topological polar surface area (TPSA) is 60.0 Å². The first-order chi connectivity index (χ1) is 10.6. The third-order valence-corrected chi connectivity index (χ3v) is 3.69. The van der Waals surface area contributed by atoms with Gasteiger partial charge in [-0.2, -0.15) is 0 Å². The number of carbonyl (C=O) groups is 1. The van der Waals surface area contributed by atoms with Gasteiger partial charge in [-0.1, -0.05) is 0 Å². The van der Waals surface area contributed by atoms with Gasteiger partial charge >= 0.3 is 0 Å². The van der Waals surface area contributed by atoms with E-state index in [4.69, 9.17) is 14.2 Å². The quantitative estimate of drug-likeness (QED) is 0.917. The Labute approximate surface area is 130 Å². The van der Waals surface area contributed by atoms with Crippen molar-refractivity contribution in [2.24, 2.45) is 0 Å². The Morgan fingerprint density at radius 2 is 1.86 bits per heavy atom. The lowest BCUT2D eigenvalue weighted by Crippen LogP contribution is -2.48. The molecule has 1 amide bonds. The molecular weight excluding hydrogens is 284 g/mol. The molecule has 0 aliphatic carbocycles. The van der Waals surface area contributed by atoms with Crippen molar-refractivity contribution in [2.45, 2.75) is 26.1 Å². The van der Waals surface area contributed by atoms with Gasteiger partial charge in [0.05, 0.1) is 18.8 Å². The molecule has 2 atom stereocenters. The van der Waals surface area contributed by atoms with E-state index in [0.717, 1.165) is 24.5 Å². The molecule has 0 radical (unpaired) electrons. The molecule has 1 aromatic carbocycles. The van der Waals surface area contributed by atoms with Crippen LogP contribution in [0.25, 0.3) is 0 Å². The van der Waals surface area contributed by atoms with Crippen LogP contribution in [0.1, 0.15) is 13.8 Å². The van der Waals surface area contributed by atoms with Crippen molar-refractivity contribution in [3.63, 3.8) is 0 Å². The van der Waals surface area contributed by atoms with Crippen LogP contribution in [0.2, 0.25) is 0 Å². The average Bonchev–Trinajstić information content (AvgIpc) is 2.45. The number of benzene rings is 1. The zero-order valence-electron chi connectivity index (χ0n) is 13.0. The number of rotatable bonds is 3. The maximum absolute atomic E-state index is 12.2. The first-order valence-electron chi connectivity index (χ1n) is 7.67. The number of fused-ring (bicyclic) bond motifs is 1. The molecule has 0 spiro atoms. The number of anilines is 1. The van der Waals surface area contributed by atoms with Crippen LogP contribution < -0.4 is 14.8 Å². The molecule has 1 N–H and O–H groups in total. The highest BCUT2D eigenvalue weighted by atomic mass is 16.6. The molecule has 2 heterocycles. The predicted molar refractivity (Wildman–Crippen MR) is 82.5 cm³/mol. The summed E-state index contributed by atoms with van der Waals surface area (Å²) in [4.78, 5) is 14.3. The van der Waals surface area contributed by atoms with Crippen molar-refractivity contribution < 1.29 is 19.0 Å². The van der Waals surface area contributed by atoms with Gasteiger partial charge in [-0.3, -0.25) is 9.69 Å². The summed E-state index contributed by atoms with van der Waals surface area (Å²) in [5.41, 5.74) is 0.726. The molecule has 1 fully saturated rings. The van der Waals surface area contributed by atoms with E-state index >= 15 is 0 Å². The lowest BCUT2D eigenvalue weighted by atomic mass is 10.2. The highest BCUT2D eigenvalue weighted by Crippen LogP contribution is 2.32. The Balaban J connectivity index is 1.57. The fourth-order valence-corrected chi connectivity index (χ4v) is 2.94. The van der Waals surface area contributed by atoms with Crippen LogP contribution in [-0.4, -0.2) is 55.9 Å². The summed E-state index contributed by atoms with van der Waals surface area (Å²) in [6.07, 6.45) is 0.316. The van der Waals surface area contributed by atoms with Crippen LogP contribution in [-0.2, 0) is 9.53 Å². The SMILES string of the molecule is CC1CN(CC(=O)Nc2ccc3c(c2)OCCO3)CC(C)O1. The number of carbonyl (C=O) groups excluding carboxylic acids is 1. The molecule has 2 aliphatic heterocycles. The van der Waals surface area contributed by atoms with E-state index in [1.54, 1.807) is 6.07 Å². The third-order valence-electron chi connectivity index (χ3n) is 3.69. The zero-order valence-corrected chi connectivity index (χ0v) is 13.0. The Morgan fingerprint density at radius 3 is 2.59 bits per heavy atom. The number of amides is 1. The smallest absolute Gasteiger partial charge is 0.238 e. The summed E-state index contributed by atoms with van der Waals surface area (Å²) in [5, 5.41) is 2.91. The second-order valence-electron chi connectivity index (χ2n) is 5.86. The molecule has 120 valence electrons. The highest BCUT2D eigenvalue weighted by molar-refractivity contribution is 5.92. The van der Waals surface area contributed by atoms with Gasteiger partial charge in [0.2, 0.25) is 5.91 Å². The van der Waals surface area contributed by atoms with Gasteiger partial charge < -0.3 is 19.5 Å². The Kier molecular flexibility index (Phi) is 4.49. The van der Waals surface area contributed by atoms with Gasteiger partial charge in [0.25, 0.3) is 0 Å². The Hall–Kier alpha value is -1.79. The summed E-state index contributed by atoms with van der Waals surface area (Å²) in [6, 6.07) is 5.45. The van der Waals surface area contributed by atoms with Crippen LogP contribution >= 0.6 is 0 Å². The number of hydrogen-bond acceptors (Lipinski definition) is 5. The van der Waals surface area contributed by atoms with Crippen molar-refractivity contribution in [3.8, 4) is 11.5 Å². The number of nitrogens with zero attached hydrogens (tertiary/aromatic N) is 1. The van der Waals surface area contributed by atoms with Crippen molar-refractivity contribution in [1.29, 1.82) is 0 Å². The van der Waals surface area contributed by atoms with Crippen LogP contribution in [0.5, 0.6) is 11.5 Å². The summed E-state index contributed by atoms with van der Waals surface area (Å²) in [6.45, 7) is 7.08. The summed E-state index contributed by atoms with van der Waals surface area (Å²) < 4.78 is 16.7. The molecule has 2 unspecified atom stereocenters. The molecule has 1 aromatic rings. The van der Waals surface area contributed by atoms with Gasteiger partial charge in [0.15, 0.2) is 11.5 Å². The maximum atomic E-state index is 12.2. The summed E-state index contributed by atoms with van der Waals surface area (Å²) in [5.74, 6) is 1.37. The van der Waals surface area contributed by atoms with E-state index in [-0.39, 0.29) is 18.1 Å². The maximum Gasteiger partial charge on any atom is 0.238 e. The molecular formula is C16H22N2O4. The number of morpholine rings is 1. The molecule has 1 saturated heterocycles. The monoisotopic (exact) mass is 306 g/mol. The number of ether oxygens (including phenoxy) is 3. The second kappa shape index (κ2) is 6.54. The number of hydrogen-bond donors (Lipinski definition) is 1. The van der Waals surface area contributed by atoms with E-state index in [2.05, 4.69) is 10.2 Å². The molecule has 22 heavy (non-hydrogen) atoms. The molecule has 0 bridgehead atoms. The standard InChI is InChI=1S/C16H22N2O4/c1-11-8-18(9-12(2)22-11)10-16(19)17-13-3-4-14-15(7-13)21-6-5-20-14/h3-4,7,11-12H,5-6,8-10H2,1-2H3,(H,17,19). The minimum Gasteiger partial charge on any atom is -0.486 e. The Bertz CT molecular complexity index is 539. The normalized spacial score (nSPS) is 24.8. The van der Waals surface area contributed by atoms with Gasteiger partial charge in [-0.15, -0.1) is 0 Å². The van der Waals surface area contributed by atoms with Gasteiger partial charge in [-0.25, -0.2) is 0 Å². The molecule has 6 nitrogen and oxygen atoms in total. The van der Waals surface area contributed by atoms with Crippen molar-refractivity contribution in [3.05, 3.63) is 18.2 Å². The fraction of sp³-hybridized carbons (Fsp3) is 0.562. The van der Waals surface area contributed by atoms with Crippen LogP contribution in [0, 0.1) is 0 Å². The third kappa shape index (κ3) is 3.69. The van der Waals surface area contributed by atoms with Crippen molar-refractivity contribution in [2.75, 3.05) is 38.2 Å². The van der Waals surface area contributed by atoms with Crippen molar-refractivity contribution in [1.82, 2.24) is 4.90 Å². The summed E-state index contributed by atoms with van der Waals surface area (Å²) in [7, 11) is 0. The molecule has 6 heteroatoms. The van der Waals surface area contributed by atoms with Gasteiger partial charge in [0, 0.05) is 24.8 Å². The number of nitrogens with one attached hydrogen (secondary N) is 1. The largest absolute Gasteiger partial charge is 0.486 e. The first kappa shape index (κ1) is 15.1. The minimum atomic E-state index is -0.0297. The second-order valence-corrected chi connectivity index (χ2v) is 5.86. The highest BCUT2D eigenvalue weighted by Gasteiger charge is 2.23. The first-order valence-corrected chi connectivity index (χ1v) is 7.67. The lowest BCUT2D eigenvalue weighted by molar-refractivity contribution is -0.121. The fourth-order valence-electron chi connectivity index (χ4n) is 2.94. The molecule has 2 aliphatic rings. The van der Waals surface area contributed by atoms with Gasteiger partial charge in [-0.05, 0) is 26.0 Å². The van der Waals surface area contributed by atoms with E-state index in [1.165, 1.54) is 0 Å². The lowest BCUT2D eigenvalue weighted by Gasteiger charge is -2.34. The van der Waals surface area contributed by atoms with Crippen LogP contribution in [0.4, 0.5) is 5.69 Å². The van der Waals surface area contributed by atoms with Gasteiger partial charge in [0.1, 0.15) is 13.2 Å². The van der Waals surface area contributed by atoms with E-state index in [1.807, 2.05) is 26.0 Å². The predicted octanol–water partition coefficient (Wildman–Crippen LogP) is 1.51. The van der Waals surface area contributed by atoms with Crippen molar-refractivity contribution >= 4 is 11.6 Å². The Morgan fingerprint density at radius 1 is 1.18 bits per heavy atom. The molecule has 3 rings (SSSR count).